The maximum Gasteiger partial charge on any atom is 0.251 e. The Balaban J connectivity index is 1.36. The lowest BCUT2D eigenvalue weighted by molar-refractivity contribution is -0.154. The Labute approximate surface area is 174 Å². The van der Waals surface area contributed by atoms with Crippen LogP contribution in [0.15, 0.2) is 48.5 Å². The molecule has 0 radical (unpaired) electrons. The molecule has 0 aliphatic carbocycles. The molecule has 2 fully saturated rings. The fourth-order valence-corrected chi connectivity index (χ4v) is 4.10. The first-order valence-electron chi connectivity index (χ1n) is 9.72. The van der Waals surface area contributed by atoms with Crippen LogP contribution >= 0.6 is 11.6 Å². The molecule has 0 bridgehead atoms. The Kier molecular flexibility index (Phi) is 5.53. The van der Waals surface area contributed by atoms with Crippen molar-refractivity contribution in [2.75, 3.05) is 13.1 Å². The molecule has 7 heteroatoms. The van der Waals surface area contributed by atoms with E-state index in [2.05, 4.69) is 5.32 Å². The number of benzene rings is 2. The Hall–Kier alpha value is -2.86. The van der Waals surface area contributed by atoms with E-state index in [1.165, 1.54) is 0 Å². The van der Waals surface area contributed by atoms with Crippen molar-refractivity contribution in [2.24, 2.45) is 0 Å². The molecule has 2 aromatic carbocycles. The third kappa shape index (κ3) is 4.12. The van der Waals surface area contributed by atoms with Crippen molar-refractivity contribution in [3.05, 3.63) is 70.2 Å². The van der Waals surface area contributed by atoms with E-state index in [4.69, 9.17) is 11.6 Å². The number of hydrogen-bond donors (Lipinski definition) is 1. The van der Waals surface area contributed by atoms with Crippen LogP contribution < -0.4 is 5.32 Å². The number of piperazine rings is 1. The standard InChI is InChI=1S/C22H22ClN3O3/c23-18-5-2-1-4-17(18)12-24-21(28)16-9-7-15(8-10-16)13-25-14-20(27)26-11-3-6-19(26)22(25)29/h1-2,4-5,7-10,19H,3,6,11-14H2,(H,24,28)/t19-/m1/s1. The van der Waals surface area contributed by atoms with Crippen LogP contribution in [0.2, 0.25) is 5.02 Å². The minimum absolute atomic E-state index is 0.0164. The van der Waals surface area contributed by atoms with E-state index in [9.17, 15) is 14.4 Å². The SMILES string of the molecule is O=C(NCc1ccccc1Cl)c1ccc(CN2CC(=O)N3CCC[C@@H]3C2=O)cc1. The Morgan fingerprint density at radius 1 is 1.10 bits per heavy atom. The molecule has 2 saturated heterocycles. The van der Waals surface area contributed by atoms with E-state index in [0.29, 0.717) is 30.2 Å². The molecular formula is C22H22ClN3O3. The largest absolute Gasteiger partial charge is 0.348 e. The van der Waals surface area contributed by atoms with Crippen LogP contribution in [0.1, 0.15) is 34.3 Å². The van der Waals surface area contributed by atoms with Gasteiger partial charge in [-0.05, 0) is 42.2 Å². The predicted molar refractivity (Wildman–Crippen MR) is 109 cm³/mol. The Morgan fingerprint density at radius 3 is 2.62 bits per heavy atom. The van der Waals surface area contributed by atoms with Crippen LogP contribution in [0.25, 0.3) is 0 Å². The van der Waals surface area contributed by atoms with Gasteiger partial charge in [0.15, 0.2) is 0 Å². The molecule has 0 saturated carbocycles. The molecule has 2 heterocycles. The highest BCUT2D eigenvalue weighted by molar-refractivity contribution is 6.31. The third-order valence-electron chi connectivity index (χ3n) is 5.48. The number of amides is 3. The van der Waals surface area contributed by atoms with Gasteiger partial charge >= 0.3 is 0 Å². The number of carbonyl (C=O) groups is 3. The van der Waals surface area contributed by atoms with Crippen LogP contribution in [-0.4, -0.2) is 46.7 Å². The quantitative estimate of drug-likeness (QED) is 0.822. The summed E-state index contributed by atoms with van der Waals surface area (Å²) in [5, 5.41) is 3.47. The molecule has 0 spiro atoms. The molecule has 150 valence electrons. The fraction of sp³-hybridized carbons (Fsp3) is 0.318. The lowest BCUT2D eigenvalue weighted by Crippen LogP contribution is -2.56. The van der Waals surface area contributed by atoms with Gasteiger partial charge in [-0.15, -0.1) is 0 Å². The van der Waals surface area contributed by atoms with E-state index in [0.717, 1.165) is 24.0 Å². The fourth-order valence-electron chi connectivity index (χ4n) is 3.90. The van der Waals surface area contributed by atoms with E-state index in [-0.39, 0.29) is 30.3 Å². The van der Waals surface area contributed by atoms with Gasteiger partial charge in [0.25, 0.3) is 5.91 Å². The van der Waals surface area contributed by atoms with Crippen molar-refractivity contribution in [2.45, 2.75) is 32.0 Å². The average Bonchev–Trinajstić information content (AvgIpc) is 3.22. The first-order valence-corrected chi connectivity index (χ1v) is 10.1. The highest BCUT2D eigenvalue weighted by Crippen LogP contribution is 2.24. The average molecular weight is 412 g/mol. The zero-order valence-corrected chi connectivity index (χ0v) is 16.7. The monoisotopic (exact) mass is 411 g/mol. The van der Waals surface area contributed by atoms with E-state index >= 15 is 0 Å². The zero-order chi connectivity index (χ0) is 20.4. The lowest BCUT2D eigenvalue weighted by atomic mass is 10.1. The molecule has 2 aliphatic heterocycles. The molecule has 1 atom stereocenters. The van der Waals surface area contributed by atoms with Gasteiger partial charge in [0, 0.05) is 30.2 Å². The molecule has 2 aliphatic rings. The third-order valence-corrected chi connectivity index (χ3v) is 5.85. The van der Waals surface area contributed by atoms with Gasteiger partial charge < -0.3 is 15.1 Å². The van der Waals surface area contributed by atoms with Crippen molar-refractivity contribution >= 4 is 29.3 Å². The second kappa shape index (κ2) is 8.25. The van der Waals surface area contributed by atoms with Crippen LogP contribution in [-0.2, 0) is 22.7 Å². The summed E-state index contributed by atoms with van der Waals surface area (Å²) in [5.41, 5.74) is 2.28. The maximum absolute atomic E-state index is 12.6. The maximum atomic E-state index is 12.6. The van der Waals surface area contributed by atoms with Gasteiger partial charge in [0.2, 0.25) is 11.8 Å². The van der Waals surface area contributed by atoms with Crippen molar-refractivity contribution in [3.8, 4) is 0 Å². The summed E-state index contributed by atoms with van der Waals surface area (Å²) in [5.74, 6) is -0.159. The highest BCUT2D eigenvalue weighted by atomic mass is 35.5. The molecule has 0 unspecified atom stereocenters. The normalized spacial score (nSPS) is 18.7. The molecular weight excluding hydrogens is 390 g/mol. The van der Waals surface area contributed by atoms with E-state index < -0.39 is 0 Å². The molecule has 2 aromatic rings. The lowest BCUT2D eigenvalue weighted by Gasteiger charge is -2.36. The first kappa shape index (κ1) is 19.5. The second-order valence-electron chi connectivity index (χ2n) is 7.41. The highest BCUT2D eigenvalue weighted by Gasteiger charge is 2.41. The van der Waals surface area contributed by atoms with Crippen LogP contribution in [0.5, 0.6) is 0 Å². The summed E-state index contributed by atoms with van der Waals surface area (Å²) in [6.07, 6.45) is 1.62. The van der Waals surface area contributed by atoms with Gasteiger partial charge in [-0.1, -0.05) is 41.9 Å². The number of carbonyl (C=O) groups excluding carboxylic acids is 3. The number of nitrogens with zero attached hydrogens (tertiary/aromatic N) is 2. The summed E-state index contributed by atoms with van der Waals surface area (Å²) in [6.45, 7) is 1.52. The van der Waals surface area contributed by atoms with Crippen LogP contribution in [0.3, 0.4) is 0 Å². The van der Waals surface area contributed by atoms with Crippen molar-refractivity contribution in [3.63, 3.8) is 0 Å². The first-order chi connectivity index (χ1) is 14.0. The minimum atomic E-state index is -0.300. The number of hydrogen-bond acceptors (Lipinski definition) is 3. The summed E-state index contributed by atoms with van der Waals surface area (Å²) in [7, 11) is 0. The van der Waals surface area contributed by atoms with Gasteiger partial charge in [0.05, 0.1) is 0 Å². The smallest absolute Gasteiger partial charge is 0.251 e. The molecule has 0 aromatic heterocycles. The van der Waals surface area contributed by atoms with Gasteiger partial charge in [-0.25, -0.2) is 0 Å². The topological polar surface area (TPSA) is 69.7 Å². The zero-order valence-electron chi connectivity index (χ0n) is 15.9. The summed E-state index contributed by atoms with van der Waals surface area (Å²) in [6, 6.07) is 14.2. The summed E-state index contributed by atoms with van der Waals surface area (Å²) < 4.78 is 0. The van der Waals surface area contributed by atoms with E-state index in [1.54, 1.807) is 28.0 Å². The van der Waals surface area contributed by atoms with Gasteiger partial charge in [-0.2, -0.15) is 0 Å². The number of halogens is 1. The molecule has 6 nitrogen and oxygen atoms in total. The van der Waals surface area contributed by atoms with Crippen LogP contribution in [0, 0.1) is 0 Å². The summed E-state index contributed by atoms with van der Waals surface area (Å²) in [4.78, 5) is 40.6. The number of fused-ring (bicyclic) bond motifs is 1. The Morgan fingerprint density at radius 2 is 1.86 bits per heavy atom. The second-order valence-corrected chi connectivity index (χ2v) is 7.82. The molecule has 3 amide bonds. The predicted octanol–water partition coefficient (Wildman–Crippen LogP) is 2.60. The van der Waals surface area contributed by atoms with Crippen LogP contribution in [0.4, 0.5) is 0 Å². The minimum Gasteiger partial charge on any atom is -0.348 e. The molecule has 4 rings (SSSR count). The van der Waals surface area contributed by atoms with E-state index in [1.807, 2.05) is 30.3 Å². The number of rotatable bonds is 5. The van der Waals surface area contributed by atoms with Gasteiger partial charge in [0.1, 0.15) is 12.6 Å². The Bertz CT molecular complexity index is 945. The number of nitrogens with one attached hydrogen (secondary N) is 1. The molecule has 1 N–H and O–H groups in total. The van der Waals surface area contributed by atoms with Crippen molar-refractivity contribution in [1.29, 1.82) is 0 Å². The molecule has 29 heavy (non-hydrogen) atoms. The van der Waals surface area contributed by atoms with Crippen molar-refractivity contribution in [1.82, 2.24) is 15.1 Å². The van der Waals surface area contributed by atoms with Crippen molar-refractivity contribution < 1.29 is 14.4 Å². The summed E-state index contributed by atoms with van der Waals surface area (Å²) >= 11 is 6.11. The van der Waals surface area contributed by atoms with Gasteiger partial charge in [-0.3, -0.25) is 14.4 Å².